The van der Waals surface area contributed by atoms with Crippen molar-refractivity contribution in [2.45, 2.75) is 53.4 Å². The maximum atomic E-state index is 2.36. The highest BCUT2D eigenvalue weighted by atomic mass is 13.9. The van der Waals surface area contributed by atoms with Crippen LogP contribution >= 0.6 is 0 Å². The fourth-order valence-corrected chi connectivity index (χ4v) is 1.08. The Bertz CT molecular complexity index is 157. The SMILES string of the molecule is CCC/C=C(/C)CCC=C(C)C. The van der Waals surface area contributed by atoms with E-state index in [1.807, 2.05) is 0 Å². The van der Waals surface area contributed by atoms with Crippen molar-refractivity contribution in [3.8, 4) is 0 Å². The minimum absolute atomic E-state index is 1.20. The lowest BCUT2D eigenvalue weighted by Gasteiger charge is -1.97. The van der Waals surface area contributed by atoms with Gasteiger partial charge in [0.25, 0.3) is 0 Å². The van der Waals surface area contributed by atoms with E-state index < -0.39 is 0 Å². The van der Waals surface area contributed by atoms with E-state index in [2.05, 4.69) is 39.8 Å². The molecule has 0 spiro atoms. The van der Waals surface area contributed by atoms with Crippen LogP contribution in [0.4, 0.5) is 0 Å². The summed E-state index contributed by atoms with van der Waals surface area (Å²) in [6, 6.07) is 0. The third-order valence-electron chi connectivity index (χ3n) is 1.87. The van der Waals surface area contributed by atoms with Gasteiger partial charge in [-0.3, -0.25) is 0 Å². The first-order chi connectivity index (χ1) is 5.66. The molecule has 0 radical (unpaired) electrons. The van der Waals surface area contributed by atoms with Crippen LogP contribution in [0.5, 0.6) is 0 Å². The van der Waals surface area contributed by atoms with Gasteiger partial charge in [-0.05, 0) is 40.0 Å². The van der Waals surface area contributed by atoms with Gasteiger partial charge in [-0.25, -0.2) is 0 Å². The second-order valence-corrected chi connectivity index (χ2v) is 3.66. The fourth-order valence-electron chi connectivity index (χ4n) is 1.08. The summed E-state index contributed by atoms with van der Waals surface area (Å²) in [6.07, 6.45) is 9.60. The van der Waals surface area contributed by atoms with Gasteiger partial charge < -0.3 is 0 Å². The third kappa shape index (κ3) is 7.59. The van der Waals surface area contributed by atoms with Gasteiger partial charge in [0.15, 0.2) is 0 Å². The largest absolute Gasteiger partial charge is 0.0856 e. The van der Waals surface area contributed by atoms with Gasteiger partial charge in [0.1, 0.15) is 0 Å². The second kappa shape index (κ2) is 7.15. The van der Waals surface area contributed by atoms with Crippen LogP contribution in [0.2, 0.25) is 0 Å². The first-order valence-corrected chi connectivity index (χ1v) is 4.95. The van der Waals surface area contributed by atoms with E-state index in [0.29, 0.717) is 0 Å². The average Bonchev–Trinajstić information content (AvgIpc) is 2.00. The molecular formula is C12H22. The Morgan fingerprint density at radius 1 is 1.00 bits per heavy atom. The van der Waals surface area contributed by atoms with E-state index in [4.69, 9.17) is 0 Å². The van der Waals surface area contributed by atoms with Crippen molar-refractivity contribution in [3.63, 3.8) is 0 Å². The van der Waals surface area contributed by atoms with Crippen molar-refractivity contribution in [3.05, 3.63) is 23.3 Å². The number of unbranched alkanes of at least 4 members (excludes halogenated alkanes) is 1. The van der Waals surface area contributed by atoms with Crippen LogP contribution in [0.25, 0.3) is 0 Å². The van der Waals surface area contributed by atoms with Crippen LogP contribution in [-0.2, 0) is 0 Å². The summed E-state index contributed by atoms with van der Waals surface area (Å²) in [5.74, 6) is 0. The Hall–Kier alpha value is -0.520. The van der Waals surface area contributed by atoms with Gasteiger partial charge >= 0.3 is 0 Å². The quantitative estimate of drug-likeness (QED) is 0.528. The standard InChI is InChI=1S/C12H22/c1-5-6-9-12(4)10-7-8-11(2)3/h8-9H,5-7,10H2,1-4H3/b12-9-. The second-order valence-electron chi connectivity index (χ2n) is 3.66. The molecule has 0 unspecified atom stereocenters. The molecule has 0 bridgehead atoms. The smallest absolute Gasteiger partial charge is 0.0288 e. The van der Waals surface area contributed by atoms with Crippen LogP contribution < -0.4 is 0 Å². The first-order valence-electron chi connectivity index (χ1n) is 4.95. The van der Waals surface area contributed by atoms with Gasteiger partial charge in [0, 0.05) is 0 Å². The summed E-state index contributed by atoms with van der Waals surface area (Å²) in [5, 5.41) is 0. The number of hydrogen-bond donors (Lipinski definition) is 0. The van der Waals surface area contributed by atoms with E-state index in [1.54, 1.807) is 0 Å². The first kappa shape index (κ1) is 11.5. The highest BCUT2D eigenvalue weighted by Gasteiger charge is 1.87. The van der Waals surface area contributed by atoms with Gasteiger partial charge in [0.05, 0.1) is 0 Å². The van der Waals surface area contributed by atoms with Crippen molar-refractivity contribution < 1.29 is 0 Å². The molecule has 0 aromatic carbocycles. The van der Waals surface area contributed by atoms with Crippen molar-refractivity contribution in [2.24, 2.45) is 0 Å². The van der Waals surface area contributed by atoms with Crippen LogP contribution in [-0.4, -0.2) is 0 Å². The third-order valence-corrected chi connectivity index (χ3v) is 1.87. The Kier molecular flexibility index (Phi) is 6.84. The molecule has 70 valence electrons. The molecule has 0 heterocycles. The zero-order valence-corrected chi connectivity index (χ0v) is 8.98. The molecule has 12 heavy (non-hydrogen) atoms. The summed E-state index contributed by atoms with van der Waals surface area (Å²) >= 11 is 0. The molecule has 0 saturated carbocycles. The highest BCUT2D eigenvalue weighted by molar-refractivity contribution is 5.01. The van der Waals surface area contributed by atoms with E-state index in [9.17, 15) is 0 Å². The summed E-state index contributed by atoms with van der Waals surface area (Å²) in [7, 11) is 0. The van der Waals surface area contributed by atoms with Gasteiger partial charge in [-0.2, -0.15) is 0 Å². The average molecular weight is 166 g/mol. The van der Waals surface area contributed by atoms with Crippen molar-refractivity contribution >= 4 is 0 Å². The molecule has 0 heteroatoms. The van der Waals surface area contributed by atoms with Gasteiger partial charge in [-0.15, -0.1) is 0 Å². The van der Waals surface area contributed by atoms with E-state index in [0.717, 1.165) is 0 Å². The van der Waals surface area contributed by atoms with E-state index in [1.165, 1.54) is 36.8 Å². The van der Waals surface area contributed by atoms with E-state index >= 15 is 0 Å². The lowest BCUT2D eigenvalue weighted by Crippen LogP contribution is -1.77. The Labute approximate surface area is 77.4 Å². The molecule has 0 aromatic rings. The Morgan fingerprint density at radius 2 is 1.67 bits per heavy atom. The summed E-state index contributed by atoms with van der Waals surface area (Å²) in [6.45, 7) is 8.77. The predicted molar refractivity (Wildman–Crippen MR) is 57.3 cm³/mol. The fraction of sp³-hybridized carbons (Fsp3) is 0.667. The van der Waals surface area contributed by atoms with Crippen molar-refractivity contribution in [1.82, 2.24) is 0 Å². The van der Waals surface area contributed by atoms with Gasteiger partial charge in [-0.1, -0.05) is 36.6 Å². The molecule has 0 rings (SSSR count). The Morgan fingerprint density at radius 3 is 2.17 bits per heavy atom. The maximum Gasteiger partial charge on any atom is -0.0288 e. The number of hydrogen-bond acceptors (Lipinski definition) is 0. The lowest BCUT2D eigenvalue weighted by molar-refractivity contribution is 0.908. The monoisotopic (exact) mass is 166 g/mol. The zero-order chi connectivity index (χ0) is 9.40. The molecular weight excluding hydrogens is 144 g/mol. The highest BCUT2D eigenvalue weighted by Crippen LogP contribution is 2.07. The van der Waals surface area contributed by atoms with E-state index in [-0.39, 0.29) is 0 Å². The Balaban J connectivity index is 3.56. The minimum atomic E-state index is 1.20. The minimum Gasteiger partial charge on any atom is -0.0856 e. The topological polar surface area (TPSA) is 0 Å². The van der Waals surface area contributed by atoms with Crippen molar-refractivity contribution in [2.75, 3.05) is 0 Å². The molecule has 0 aromatic heterocycles. The summed E-state index contributed by atoms with van der Waals surface area (Å²) in [4.78, 5) is 0. The molecule has 0 saturated heterocycles. The molecule has 0 N–H and O–H groups in total. The van der Waals surface area contributed by atoms with Crippen molar-refractivity contribution in [1.29, 1.82) is 0 Å². The molecule has 0 aliphatic heterocycles. The van der Waals surface area contributed by atoms with Gasteiger partial charge in [0.2, 0.25) is 0 Å². The molecule has 0 atom stereocenters. The zero-order valence-electron chi connectivity index (χ0n) is 8.98. The number of rotatable bonds is 5. The normalized spacial score (nSPS) is 11.5. The molecule has 0 nitrogen and oxygen atoms in total. The molecule has 0 aliphatic carbocycles. The van der Waals surface area contributed by atoms with Crippen LogP contribution in [0.3, 0.4) is 0 Å². The molecule has 0 fully saturated rings. The summed E-state index contributed by atoms with van der Waals surface area (Å²) < 4.78 is 0. The lowest BCUT2D eigenvalue weighted by atomic mass is 10.1. The molecule has 0 aliphatic rings. The number of allylic oxidation sites excluding steroid dienone is 4. The van der Waals surface area contributed by atoms with Crippen LogP contribution in [0, 0.1) is 0 Å². The predicted octanol–water partition coefficient (Wildman–Crippen LogP) is 4.48. The van der Waals surface area contributed by atoms with Crippen LogP contribution in [0.15, 0.2) is 23.3 Å². The summed E-state index contributed by atoms with van der Waals surface area (Å²) in [5.41, 5.74) is 2.97. The molecule has 0 amide bonds. The van der Waals surface area contributed by atoms with Crippen LogP contribution in [0.1, 0.15) is 53.4 Å². The maximum absolute atomic E-state index is 2.36.